The molecule has 3 rings (SSSR count). The van der Waals surface area contributed by atoms with Gasteiger partial charge in [-0.2, -0.15) is 0 Å². The highest BCUT2D eigenvalue weighted by atomic mass is 32.1. The first-order chi connectivity index (χ1) is 16.0. The zero-order valence-corrected chi connectivity index (χ0v) is 21.1. The molecule has 2 amide bonds. The van der Waals surface area contributed by atoms with Gasteiger partial charge in [-0.25, -0.2) is 0 Å². The fraction of sp³-hybridized carbons (Fsp3) is 0.615. The molecule has 33 heavy (non-hydrogen) atoms. The Kier molecular flexibility index (Phi) is 9.85. The third kappa shape index (κ3) is 7.36. The van der Waals surface area contributed by atoms with E-state index in [4.69, 9.17) is 0 Å². The van der Waals surface area contributed by atoms with Crippen LogP contribution in [0.1, 0.15) is 83.6 Å². The average molecular weight is 471 g/mol. The fourth-order valence-electron chi connectivity index (χ4n) is 4.54. The van der Waals surface area contributed by atoms with Crippen LogP contribution in [-0.2, 0) is 9.59 Å². The Morgan fingerprint density at radius 1 is 1.12 bits per heavy atom. The van der Waals surface area contributed by atoms with Crippen LogP contribution in [0.4, 0.5) is 5.13 Å². The summed E-state index contributed by atoms with van der Waals surface area (Å²) in [5.74, 6) is 0.190. The van der Waals surface area contributed by atoms with Crippen molar-refractivity contribution in [3.63, 3.8) is 0 Å². The van der Waals surface area contributed by atoms with Crippen molar-refractivity contribution in [2.45, 2.75) is 91.0 Å². The third-order valence-electron chi connectivity index (χ3n) is 6.60. The summed E-state index contributed by atoms with van der Waals surface area (Å²) in [5, 5.41) is 12.5. The minimum Gasteiger partial charge on any atom is -0.339 e. The predicted molar refractivity (Wildman–Crippen MR) is 135 cm³/mol. The minimum atomic E-state index is -0.114. The highest BCUT2D eigenvalue weighted by Crippen LogP contribution is 2.28. The Morgan fingerprint density at radius 3 is 2.52 bits per heavy atom. The van der Waals surface area contributed by atoms with E-state index in [1.807, 2.05) is 36.1 Å². The van der Waals surface area contributed by atoms with Gasteiger partial charge in [-0.1, -0.05) is 87.1 Å². The second-order valence-electron chi connectivity index (χ2n) is 9.15. The number of benzene rings is 1. The van der Waals surface area contributed by atoms with Crippen LogP contribution in [0.25, 0.3) is 10.6 Å². The average Bonchev–Trinajstić information content (AvgIpc) is 3.29. The molecule has 1 aromatic carbocycles. The highest BCUT2D eigenvalue weighted by Gasteiger charge is 2.29. The lowest BCUT2D eigenvalue weighted by Crippen LogP contribution is -2.45. The number of amides is 2. The zero-order chi connectivity index (χ0) is 23.6. The molecule has 1 N–H and O–H groups in total. The first-order valence-electron chi connectivity index (χ1n) is 12.5. The number of nitrogens with one attached hydrogen (secondary N) is 1. The highest BCUT2D eigenvalue weighted by molar-refractivity contribution is 7.18. The van der Waals surface area contributed by atoms with E-state index < -0.39 is 0 Å². The molecule has 0 aliphatic heterocycles. The Balaban J connectivity index is 1.60. The summed E-state index contributed by atoms with van der Waals surface area (Å²) in [6, 6.07) is 8.37. The molecule has 0 unspecified atom stereocenters. The predicted octanol–water partition coefficient (Wildman–Crippen LogP) is 6.22. The normalized spacial score (nSPS) is 15.2. The summed E-state index contributed by atoms with van der Waals surface area (Å²) in [7, 11) is 0. The third-order valence-corrected chi connectivity index (χ3v) is 7.48. The number of rotatable bonds is 11. The maximum Gasteiger partial charge on any atom is 0.227 e. The monoisotopic (exact) mass is 470 g/mol. The number of aryl methyl sites for hydroxylation is 1. The standard InChI is InChI=1S/C26H38N4O2S/c1-4-6-10-20(5-2)25(32)30(22-11-8-7-9-12-22)18-17-23(31)27-26-29-28-24(33-26)21-15-13-19(3)14-16-21/h13-16,20,22H,4-12,17-18H2,1-3H3,(H,27,29,31)/t20-/m1/s1. The number of anilines is 1. The SMILES string of the molecule is CCCC[C@@H](CC)C(=O)N(CCC(=O)Nc1nnc(-c2ccc(C)cc2)s1)C1CCCCC1. The van der Waals surface area contributed by atoms with E-state index in [-0.39, 0.29) is 30.2 Å². The van der Waals surface area contributed by atoms with Crippen LogP contribution in [0.3, 0.4) is 0 Å². The number of hydrogen-bond donors (Lipinski definition) is 1. The molecular weight excluding hydrogens is 432 g/mol. The van der Waals surface area contributed by atoms with E-state index in [1.165, 1.54) is 36.2 Å². The summed E-state index contributed by atoms with van der Waals surface area (Å²) in [4.78, 5) is 28.2. The van der Waals surface area contributed by atoms with Gasteiger partial charge in [0, 0.05) is 30.5 Å². The first kappa shape index (κ1) is 25.3. The van der Waals surface area contributed by atoms with Gasteiger partial charge in [-0.05, 0) is 32.6 Å². The van der Waals surface area contributed by atoms with Crippen molar-refractivity contribution < 1.29 is 9.59 Å². The van der Waals surface area contributed by atoms with Gasteiger partial charge >= 0.3 is 0 Å². The van der Waals surface area contributed by atoms with Gasteiger partial charge in [0.2, 0.25) is 16.9 Å². The van der Waals surface area contributed by atoms with Gasteiger partial charge < -0.3 is 10.2 Å². The molecule has 7 heteroatoms. The lowest BCUT2D eigenvalue weighted by Gasteiger charge is -2.36. The van der Waals surface area contributed by atoms with Crippen molar-refractivity contribution >= 4 is 28.3 Å². The van der Waals surface area contributed by atoms with Crippen molar-refractivity contribution in [1.29, 1.82) is 0 Å². The number of nitrogens with zero attached hydrogens (tertiary/aromatic N) is 3. The van der Waals surface area contributed by atoms with Crippen molar-refractivity contribution in [3.8, 4) is 10.6 Å². The molecule has 1 aromatic heterocycles. The minimum absolute atomic E-state index is 0.0650. The Morgan fingerprint density at radius 2 is 1.85 bits per heavy atom. The number of hydrogen-bond acceptors (Lipinski definition) is 5. The van der Waals surface area contributed by atoms with E-state index in [9.17, 15) is 9.59 Å². The Bertz CT molecular complexity index is 890. The van der Waals surface area contributed by atoms with Crippen LogP contribution in [-0.4, -0.2) is 39.5 Å². The second-order valence-corrected chi connectivity index (χ2v) is 10.1. The number of carbonyl (C=O) groups excluding carboxylic acids is 2. The molecule has 180 valence electrons. The van der Waals surface area contributed by atoms with Gasteiger partial charge in [0.25, 0.3) is 0 Å². The molecule has 2 aromatic rings. The van der Waals surface area contributed by atoms with Crippen molar-refractivity contribution in [2.75, 3.05) is 11.9 Å². The van der Waals surface area contributed by atoms with Crippen molar-refractivity contribution in [3.05, 3.63) is 29.8 Å². The van der Waals surface area contributed by atoms with Gasteiger partial charge in [-0.15, -0.1) is 10.2 Å². The number of aromatic nitrogens is 2. The molecule has 1 aliphatic rings. The first-order valence-corrected chi connectivity index (χ1v) is 13.3. The molecule has 6 nitrogen and oxygen atoms in total. The lowest BCUT2D eigenvalue weighted by molar-refractivity contribution is -0.139. The largest absolute Gasteiger partial charge is 0.339 e. The second kappa shape index (κ2) is 12.8. The molecule has 1 heterocycles. The maximum absolute atomic E-state index is 13.4. The van der Waals surface area contributed by atoms with Crippen LogP contribution in [0, 0.1) is 12.8 Å². The molecule has 1 saturated carbocycles. The van der Waals surface area contributed by atoms with E-state index >= 15 is 0 Å². The molecule has 1 fully saturated rings. The van der Waals surface area contributed by atoms with E-state index in [2.05, 4.69) is 29.4 Å². The smallest absolute Gasteiger partial charge is 0.227 e. The van der Waals surface area contributed by atoms with Crippen LogP contribution in [0.2, 0.25) is 0 Å². The fourth-order valence-corrected chi connectivity index (χ4v) is 5.31. The van der Waals surface area contributed by atoms with E-state index in [1.54, 1.807) is 0 Å². The number of unbranched alkanes of at least 4 members (excludes halogenated alkanes) is 1. The van der Waals surface area contributed by atoms with Crippen molar-refractivity contribution in [2.24, 2.45) is 5.92 Å². The molecule has 0 spiro atoms. The Labute approximate surface area is 202 Å². The maximum atomic E-state index is 13.4. The molecule has 1 atom stereocenters. The zero-order valence-electron chi connectivity index (χ0n) is 20.3. The number of carbonyl (C=O) groups is 2. The summed E-state index contributed by atoms with van der Waals surface area (Å²) in [5.41, 5.74) is 2.18. The van der Waals surface area contributed by atoms with Gasteiger partial charge in [0.05, 0.1) is 0 Å². The molecule has 1 aliphatic carbocycles. The molecule has 0 bridgehead atoms. The molecule has 0 saturated heterocycles. The van der Waals surface area contributed by atoms with Gasteiger partial charge in [0.15, 0.2) is 0 Å². The summed E-state index contributed by atoms with van der Waals surface area (Å²) < 4.78 is 0. The lowest BCUT2D eigenvalue weighted by atomic mass is 9.91. The molecule has 0 radical (unpaired) electrons. The summed E-state index contributed by atoms with van der Waals surface area (Å²) >= 11 is 1.37. The van der Waals surface area contributed by atoms with Crippen LogP contribution in [0.5, 0.6) is 0 Å². The molecular formula is C26H38N4O2S. The van der Waals surface area contributed by atoms with Crippen LogP contribution in [0.15, 0.2) is 24.3 Å². The van der Waals surface area contributed by atoms with Gasteiger partial charge in [0.1, 0.15) is 5.01 Å². The summed E-state index contributed by atoms with van der Waals surface area (Å²) in [6.07, 6.45) is 9.93. The quantitative estimate of drug-likeness (QED) is 0.423. The van der Waals surface area contributed by atoms with Crippen LogP contribution < -0.4 is 5.32 Å². The summed E-state index contributed by atoms with van der Waals surface area (Å²) in [6.45, 7) is 6.79. The van der Waals surface area contributed by atoms with E-state index in [0.29, 0.717) is 11.7 Å². The van der Waals surface area contributed by atoms with Gasteiger partial charge in [-0.3, -0.25) is 9.59 Å². The van der Waals surface area contributed by atoms with Crippen molar-refractivity contribution in [1.82, 2.24) is 15.1 Å². The van der Waals surface area contributed by atoms with Crippen LogP contribution >= 0.6 is 11.3 Å². The topological polar surface area (TPSA) is 75.2 Å². The Hall–Kier alpha value is -2.28. The van der Waals surface area contributed by atoms with E-state index in [0.717, 1.165) is 49.1 Å².